The molecular weight excluding hydrogens is 294 g/mol. The molecule has 3 rings (SSSR count). The summed E-state index contributed by atoms with van der Waals surface area (Å²) in [4.78, 5) is 4.36. The van der Waals surface area contributed by atoms with Crippen LogP contribution >= 0.6 is 15.9 Å². The number of pyridine rings is 1. The van der Waals surface area contributed by atoms with Gasteiger partial charge in [0.05, 0.1) is 13.2 Å². The highest BCUT2D eigenvalue weighted by Crippen LogP contribution is 2.30. The average Bonchev–Trinajstić information content (AvgIpc) is 2.41. The Morgan fingerprint density at radius 1 is 1.17 bits per heavy atom. The molecule has 1 saturated heterocycles. The number of benzene rings is 1. The van der Waals surface area contributed by atoms with Gasteiger partial charge in [0.25, 0.3) is 0 Å². The van der Waals surface area contributed by atoms with Gasteiger partial charge < -0.3 is 9.47 Å². The van der Waals surface area contributed by atoms with Crippen LogP contribution in [0.5, 0.6) is 5.88 Å². The fraction of sp³-hybridized carbons (Fsp3) is 0.357. The summed E-state index contributed by atoms with van der Waals surface area (Å²) in [7, 11) is 0. The topological polar surface area (TPSA) is 31.4 Å². The second-order valence-electron chi connectivity index (χ2n) is 4.38. The molecule has 1 aromatic carbocycles. The van der Waals surface area contributed by atoms with Gasteiger partial charge in [0.1, 0.15) is 6.10 Å². The first-order valence-corrected chi connectivity index (χ1v) is 6.91. The van der Waals surface area contributed by atoms with Crippen LogP contribution in [0.2, 0.25) is 0 Å². The van der Waals surface area contributed by atoms with Crippen molar-refractivity contribution in [3.05, 3.63) is 34.9 Å². The first-order valence-electron chi connectivity index (χ1n) is 6.12. The Morgan fingerprint density at radius 3 is 2.83 bits per heavy atom. The van der Waals surface area contributed by atoms with Crippen LogP contribution < -0.4 is 4.74 Å². The molecule has 0 saturated carbocycles. The summed E-state index contributed by atoms with van der Waals surface area (Å²) in [5, 5.41) is 2.19. The highest BCUT2D eigenvalue weighted by Gasteiger charge is 2.17. The normalized spacial score (nSPS) is 16.9. The van der Waals surface area contributed by atoms with Crippen molar-refractivity contribution < 1.29 is 9.47 Å². The molecule has 18 heavy (non-hydrogen) atoms. The molecule has 0 N–H and O–H groups in total. The SMILES string of the molecule is Brc1cccc2c(OC3CCOCC3)nccc12. The molecule has 0 aliphatic carbocycles. The van der Waals surface area contributed by atoms with Crippen molar-refractivity contribution in [2.75, 3.05) is 13.2 Å². The maximum absolute atomic E-state index is 6.01. The van der Waals surface area contributed by atoms with Gasteiger partial charge in [-0.15, -0.1) is 0 Å². The van der Waals surface area contributed by atoms with Gasteiger partial charge in [-0.2, -0.15) is 0 Å². The smallest absolute Gasteiger partial charge is 0.221 e. The van der Waals surface area contributed by atoms with E-state index in [4.69, 9.17) is 9.47 Å². The zero-order valence-corrected chi connectivity index (χ0v) is 11.5. The molecule has 0 unspecified atom stereocenters. The molecule has 0 atom stereocenters. The fourth-order valence-electron chi connectivity index (χ4n) is 2.19. The quantitative estimate of drug-likeness (QED) is 0.850. The molecule has 0 radical (unpaired) electrons. The lowest BCUT2D eigenvalue weighted by atomic mass is 10.1. The molecule has 1 aliphatic rings. The van der Waals surface area contributed by atoms with Crippen molar-refractivity contribution in [2.24, 2.45) is 0 Å². The summed E-state index contributed by atoms with van der Waals surface area (Å²) in [6.07, 6.45) is 3.88. The first kappa shape index (κ1) is 11.9. The lowest BCUT2D eigenvalue weighted by Crippen LogP contribution is -2.26. The Hall–Kier alpha value is -1.13. The number of fused-ring (bicyclic) bond motifs is 1. The van der Waals surface area contributed by atoms with Crippen LogP contribution in [0.15, 0.2) is 34.9 Å². The molecule has 3 nitrogen and oxygen atoms in total. The standard InChI is InChI=1S/C14H14BrNO2/c15-13-3-1-2-12-11(13)4-7-16-14(12)18-10-5-8-17-9-6-10/h1-4,7,10H,5-6,8-9H2. The number of aromatic nitrogens is 1. The van der Waals surface area contributed by atoms with Crippen molar-refractivity contribution in [3.8, 4) is 5.88 Å². The van der Waals surface area contributed by atoms with Crippen LogP contribution in [-0.2, 0) is 4.74 Å². The predicted molar refractivity (Wildman–Crippen MR) is 73.9 cm³/mol. The second-order valence-corrected chi connectivity index (χ2v) is 5.23. The van der Waals surface area contributed by atoms with E-state index >= 15 is 0 Å². The molecule has 0 bridgehead atoms. The molecule has 0 amide bonds. The third kappa shape index (κ3) is 2.35. The van der Waals surface area contributed by atoms with E-state index < -0.39 is 0 Å². The average molecular weight is 308 g/mol. The Morgan fingerprint density at radius 2 is 2.00 bits per heavy atom. The van der Waals surface area contributed by atoms with Crippen molar-refractivity contribution >= 4 is 26.7 Å². The van der Waals surface area contributed by atoms with Gasteiger partial charge >= 0.3 is 0 Å². The van der Waals surface area contributed by atoms with Crippen molar-refractivity contribution in [1.82, 2.24) is 4.98 Å². The van der Waals surface area contributed by atoms with Crippen LogP contribution in [0, 0.1) is 0 Å². The number of hydrogen-bond donors (Lipinski definition) is 0. The van der Waals surface area contributed by atoms with E-state index in [1.807, 2.05) is 24.3 Å². The lowest BCUT2D eigenvalue weighted by molar-refractivity contribution is 0.0244. The first-order chi connectivity index (χ1) is 8.84. The largest absolute Gasteiger partial charge is 0.474 e. The van der Waals surface area contributed by atoms with Crippen LogP contribution in [0.25, 0.3) is 10.8 Å². The summed E-state index contributed by atoms with van der Waals surface area (Å²) in [5.74, 6) is 0.723. The minimum absolute atomic E-state index is 0.218. The zero-order chi connectivity index (χ0) is 12.4. The minimum Gasteiger partial charge on any atom is -0.474 e. The third-order valence-electron chi connectivity index (χ3n) is 3.16. The Kier molecular flexibility index (Phi) is 3.48. The zero-order valence-electron chi connectivity index (χ0n) is 9.93. The van der Waals surface area contributed by atoms with Crippen molar-refractivity contribution in [1.29, 1.82) is 0 Å². The highest BCUT2D eigenvalue weighted by molar-refractivity contribution is 9.10. The fourth-order valence-corrected chi connectivity index (χ4v) is 2.69. The molecule has 0 spiro atoms. The minimum atomic E-state index is 0.218. The molecule has 1 fully saturated rings. The van der Waals surface area contributed by atoms with Gasteiger partial charge in [0, 0.05) is 34.3 Å². The van der Waals surface area contributed by atoms with E-state index in [2.05, 4.69) is 20.9 Å². The van der Waals surface area contributed by atoms with Gasteiger partial charge in [0.15, 0.2) is 0 Å². The van der Waals surface area contributed by atoms with Gasteiger partial charge in [-0.25, -0.2) is 4.98 Å². The number of nitrogens with zero attached hydrogens (tertiary/aromatic N) is 1. The Bertz CT molecular complexity index is 552. The number of ether oxygens (including phenoxy) is 2. The summed E-state index contributed by atoms with van der Waals surface area (Å²) in [5.41, 5.74) is 0. The van der Waals surface area contributed by atoms with E-state index in [0.29, 0.717) is 0 Å². The molecule has 1 aliphatic heterocycles. The highest BCUT2D eigenvalue weighted by atomic mass is 79.9. The predicted octanol–water partition coefficient (Wildman–Crippen LogP) is 3.56. The van der Waals surface area contributed by atoms with E-state index in [0.717, 1.165) is 47.2 Å². The number of halogens is 1. The van der Waals surface area contributed by atoms with Gasteiger partial charge in [0.2, 0.25) is 5.88 Å². The van der Waals surface area contributed by atoms with Crippen molar-refractivity contribution in [3.63, 3.8) is 0 Å². The van der Waals surface area contributed by atoms with Crippen molar-refractivity contribution in [2.45, 2.75) is 18.9 Å². The Balaban J connectivity index is 1.93. The second kappa shape index (κ2) is 5.24. The van der Waals surface area contributed by atoms with Crippen LogP contribution in [0.3, 0.4) is 0 Å². The van der Waals surface area contributed by atoms with Gasteiger partial charge in [-0.05, 0) is 18.2 Å². The monoisotopic (exact) mass is 307 g/mol. The van der Waals surface area contributed by atoms with E-state index in [1.165, 1.54) is 0 Å². The molecule has 2 aromatic rings. The van der Waals surface area contributed by atoms with E-state index in [-0.39, 0.29) is 6.10 Å². The molecule has 1 aromatic heterocycles. The van der Waals surface area contributed by atoms with Crippen LogP contribution in [0.1, 0.15) is 12.8 Å². The van der Waals surface area contributed by atoms with Gasteiger partial charge in [-0.1, -0.05) is 22.0 Å². The number of hydrogen-bond acceptors (Lipinski definition) is 3. The van der Waals surface area contributed by atoms with E-state index in [1.54, 1.807) is 6.20 Å². The molecule has 2 heterocycles. The molecule has 94 valence electrons. The molecular formula is C14H14BrNO2. The third-order valence-corrected chi connectivity index (χ3v) is 3.85. The van der Waals surface area contributed by atoms with Gasteiger partial charge in [-0.3, -0.25) is 0 Å². The maximum Gasteiger partial charge on any atom is 0.221 e. The summed E-state index contributed by atoms with van der Waals surface area (Å²) < 4.78 is 12.4. The van der Waals surface area contributed by atoms with Crippen LogP contribution in [0.4, 0.5) is 0 Å². The lowest BCUT2D eigenvalue weighted by Gasteiger charge is -2.23. The number of rotatable bonds is 2. The van der Waals surface area contributed by atoms with E-state index in [9.17, 15) is 0 Å². The summed E-state index contributed by atoms with van der Waals surface area (Å²) in [6, 6.07) is 8.07. The van der Waals surface area contributed by atoms with Crippen LogP contribution in [-0.4, -0.2) is 24.3 Å². The summed E-state index contributed by atoms with van der Waals surface area (Å²) in [6.45, 7) is 1.55. The Labute approximate surface area is 114 Å². The maximum atomic E-state index is 6.01. The summed E-state index contributed by atoms with van der Waals surface area (Å²) >= 11 is 3.55. The molecule has 4 heteroatoms.